The maximum atomic E-state index is 6.27. The Kier molecular flexibility index (Phi) is 7.20. The molecule has 0 atom stereocenters. The van der Waals surface area contributed by atoms with Crippen molar-refractivity contribution in [1.82, 2.24) is 19.9 Å². The number of aromatic amines is 1. The Bertz CT molecular complexity index is 1530. The number of morpholine rings is 1. The average molecular weight is 509 g/mol. The van der Waals surface area contributed by atoms with Crippen LogP contribution >= 0.6 is 0 Å². The van der Waals surface area contributed by atoms with E-state index in [1.54, 1.807) is 13.4 Å². The Hall–Kier alpha value is -3.94. The van der Waals surface area contributed by atoms with Gasteiger partial charge in [-0.1, -0.05) is 48.5 Å². The van der Waals surface area contributed by atoms with E-state index in [2.05, 4.69) is 63.4 Å². The maximum Gasteiger partial charge on any atom is 0.162 e. The van der Waals surface area contributed by atoms with Crippen LogP contribution in [0.2, 0.25) is 0 Å². The highest BCUT2D eigenvalue weighted by molar-refractivity contribution is 6.04. The molecule has 0 aliphatic carbocycles. The van der Waals surface area contributed by atoms with Crippen molar-refractivity contribution in [2.24, 2.45) is 0 Å². The van der Waals surface area contributed by atoms with E-state index in [4.69, 9.17) is 19.2 Å². The normalized spacial score (nSPS) is 14.2. The minimum absolute atomic E-state index is 0.606. The molecule has 5 aromatic rings. The molecule has 194 valence electrons. The van der Waals surface area contributed by atoms with Gasteiger partial charge in [-0.2, -0.15) is 0 Å². The maximum absolute atomic E-state index is 6.27. The van der Waals surface area contributed by atoms with Gasteiger partial charge in [0.05, 0.1) is 38.1 Å². The third-order valence-corrected chi connectivity index (χ3v) is 7.14. The lowest BCUT2D eigenvalue weighted by Crippen LogP contribution is -2.37. The zero-order valence-electron chi connectivity index (χ0n) is 21.7. The molecular weight excluding hydrogens is 476 g/mol. The number of methoxy groups -OCH3 is 1. The summed E-state index contributed by atoms with van der Waals surface area (Å²) in [5.74, 6) is 1.39. The van der Waals surface area contributed by atoms with Crippen LogP contribution in [0.5, 0.6) is 11.5 Å². The van der Waals surface area contributed by atoms with Crippen molar-refractivity contribution < 1.29 is 14.2 Å². The first kappa shape index (κ1) is 24.4. The van der Waals surface area contributed by atoms with Gasteiger partial charge in [-0.15, -0.1) is 0 Å². The molecule has 7 nitrogen and oxygen atoms in total. The van der Waals surface area contributed by atoms with E-state index in [-0.39, 0.29) is 0 Å². The smallest absolute Gasteiger partial charge is 0.162 e. The molecular formula is C31H32N4O3. The van der Waals surface area contributed by atoms with Crippen LogP contribution in [0.3, 0.4) is 0 Å². The fourth-order valence-corrected chi connectivity index (χ4v) is 5.23. The number of benzene rings is 3. The predicted molar refractivity (Wildman–Crippen MR) is 150 cm³/mol. The molecule has 1 aliphatic heterocycles. The van der Waals surface area contributed by atoms with Crippen molar-refractivity contribution in [3.63, 3.8) is 0 Å². The number of rotatable bonds is 9. The summed E-state index contributed by atoms with van der Waals surface area (Å²) >= 11 is 0. The summed E-state index contributed by atoms with van der Waals surface area (Å²) in [4.78, 5) is 15.5. The fraction of sp³-hybridized carbons (Fsp3) is 0.290. The van der Waals surface area contributed by atoms with Gasteiger partial charge in [0.2, 0.25) is 0 Å². The Labute approximate surface area is 222 Å². The SMILES string of the molecule is COc1cc2ncnc(-c3c(Cc4ccccc4)[nH]c4ccccc34)c2cc1OCCCN1CCOCC1. The number of ether oxygens (including phenoxy) is 3. The summed E-state index contributed by atoms with van der Waals surface area (Å²) in [6.45, 7) is 5.18. The highest BCUT2D eigenvalue weighted by Crippen LogP contribution is 2.39. The molecule has 1 saturated heterocycles. The van der Waals surface area contributed by atoms with E-state index in [0.29, 0.717) is 18.1 Å². The third kappa shape index (κ3) is 5.08. The van der Waals surface area contributed by atoms with Crippen LogP contribution in [-0.4, -0.2) is 66.4 Å². The number of hydrogen-bond acceptors (Lipinski definition) is 6. The highest BCUT2D eigenvalue weighted by Gasteiger charge is 2.20. The third-order valence-electron chi connectivity index (χ3n) is 7.14. The van der Waals surface area contributed by atoms with Gasteiger partial charge in [-0.25, -0.2) is 9.97 Å². The quantitative estimate of drug-likeness (QED) is 0.266. The lowest BCUT2D eigenvalue weighted by Gasteiger charge is -2.26. The van der Waals surface area contributed by atoms with Crippen LogP contribution in [-0.2, 0) is 11.2 Å². The minimum Gasteiger partial charge on any atom is -0.493 e. The summed E-state index contributed by atoms with van der Waals surface area (Å²) in [7, 11) is 1.67. The van der Waals surface area contributed by atoms with Crippen LogP contribution in [0.25, 0.3) is 33.1 Å². The first-order valence-corrected chi connectivity index (χ1v) is 13.2. The van der Waals surface area contributed by atoms with Gasteiger partial charge >= 0.3 is 0 Å². The van der Waals surface area contributed by atoms with E-state index < -0.39 is 0 Å². The van der Waals surface area contributed by atoms with E-state index in [9.17, 15) is 0 Å². The van der Waals surface area contributed by atoms with Crippen LogP contribution in [0.1, 0.15) is 17.7 Å². The second kappa shape index (κ2) is 11.2. The monoisotopic (exact) mass is 508 g/mol. The zero-order valence-corrected chi connectivity index (χ0v) is 21.7. The van der Waals surface area contributed by atoms with Crippen LogP contribution in [0.4, 0.5) is 0 Å². The molecule has 6 rings (SSSR count). The molecule has 0 amide bonds. The topological polar surface area (TPSA) is 72.5 Å². The van der Waals surface area contributed by atoms with Gasteiger partial charge in [0.1, 0.15) is 6.33 Å². The van der Waals surface area contributed by atoms with Crippen molar-refractivity contribution >= 4 is 21.8 Å². The molecule has 0 spiro atoms. The number of nitrogens with one attached hydrogen (secondary N) is 1. The Morgan fingerprint density at radius 1 is 0.921 bits per heavy atom. The number of para-hydroxylation sites is 1. The van der Waals surface area contributed by atoms with Crippen molar-refractivity contribution in [3.8, 4) is 22.8 Å². The summed E-state index contributed by atoms with van der Waals surface area (Å²) in [6.07, 6.45) is 3.34. The molecule has 38 heavy (non-hydrogen) atoms. The second-order valence-electron chi connectivity index (χ2n) is 9.59. The van der Waals surface area contributed by atoms with E-state index >= 15 is 0 Å². The number of H-pyrrole nitrogens is 1. The predicted octanol–water partition coefficient (Wildman–Crippen LogP) is 5.48. The van der Waals surface area contributed by atoms with E-state index in [1.807, 2.05) is 18.2 Å². The Balaban J connectivity index is 1.36. The Morgan fingerprint density at radius 2 is 1.74 bits per heavy atom. The van der Waals surface area contributed by atoms with Gasteiger partial charge < -0.3 is 19.2 Å². The standard InChI is InChI=1S/C31H32N4O3/c1-36-28-20-26-24(19-29(28)38-15-7-12-35-13-16-37-17-14-35)31(33-21-32-26)30-23-10-5-6-11-25(23)34-27(30)18-22-8-3-2-4-9-22/h2-6,8-11,19-21,34H,7,12-18H2,1H3. The number of hydrogen-bond donors (Lipinski definition) is 1. The molecule has 2 aromatic heterocycles. The van der Waals surface area contributed by atoms with Crippen LogP contribution in [0.15, 0.2) is 73.1 Å². The lowest BCUT2D eigenvalue weighted by atomic mass is 9.99. The van der Waals surface area contributed by atoms with Gasteiger partial charge in [0.25, 0.3) is 0 Å². The molecule has 0 unspecified atom stereocenters. The van der Waals surface area contributed by atoms with Crippen molar-refractivity contribution in [2.45, 2.75) is 12.8 Å². The molecule has 1 fully saturated rings. The van der Waals surface area contributed by atoms with E-state index in [0.717, 1.165) is 84.4 Å². The molecule has 1 aliphatic rings. The molecule has 7 heteroatoms. The summed E-state index contributed by atoms with van der Waals surface area (Å²) in [6, 6.07) is 22.9. The Morgan fingerprint density at radius 3 is 2.58 bits per heavy atom. The van der Waals surface area contributed by atoms with Gasteiger partial charge in [0, 0.05) is 59.7 Å². The number of fused-ring (bicyclic) bond motifs is 2. The molecule has 3 heterocycles. The number of aromatic nitrogens is 3. The van der Waals surface area contributed by atoms with Crippen molar-refractivity contribution in [1.29, 1.82) is 0 Å². The minimum atomic E-state index is 0.606. The summed E-state index contributed by atoms with van der Waals surface area (Å²) < 4.78 is 17.4. The fourth-order valence-electron chi connectivity index (χ4n) is 5.23. The van der Waals surface area contributed by atoms with Crippen molar-refractivity contribution in [3.05, 3.63) is 84.3 Å². The zero-order chi connectivity index (χ0) is 25.7. The second-order valence-corrected chi connectivity index (χ2v) is 9.59. The van der Waals surface area contributed by atoms with Gasteiger partial charge in [0.15, 0.2) is 11.5 Å². The van der Waals surface area contributed by atoms with E-state index in [1.165, 1.54) is 5.56 Å². The van der Waals surface area contributed by atoms with Gasteiger partial charge in [-0.05, 0) is 24.1 Å². The number of nitrogens with zero attached hydrogens (tertiary/aromatic N) is 3. The first-order chi connectivity index (χ1) is 18.8. The summed E-state index contributed by atoms with van der Waals surface area (Å²) in [5, 5.41) is 2.08. The van der Waals surface area contributed by atoms with Crippen LogP contribution < -0.4 is 9.47 Å². The average Bonchev–Trinajstić information content (AvgIpc) is 3.33. The molecule has 1 N–H and O–H groups in total. The molecule has 3 aromatic carbocycles. The summed E-state index contributed by atoms with van der Waals surface area (Å²) in [5.41, 5.74) is 6.27. The molecule has 0 bridgehead atoms. The highest BCUT2D eigenvalue weighted by atomic mass is 16.5. The molecule has 0 saturated carbocycles. The molecule has 0 radical (unpaired) electrons. The lowest BCUT2D eigenvalue weighted by molar-refractivity contribution is 0.0357. The van der Waals surface area contributed by atoms with Crippen molar-refractivity contribution in [2.75, 3.05) is 46.6 Å². The van der Waals surface area contributed by atoms with Crippen LogP contribution in [0, 0.1) is 0 Å². The van der Waals surface area contributed by atoms with Gasteiger partial charge in [-0.3, -0.25) is 4.90 Å². The first-order valence-electron chi connectivity index (χ1n) is 13.2. The largest absolute Gasteiger partial charge is 0.493 e.